The van der Waals surface area contributed by atoms with E-state index in [-0.39, 0.29) is 24.3 Å². The molecule has 24 heavy (non-hydrogen) atoms. The van der Waals surface area contributed by atoms with Gasteiger partial charge in [-0.3, -0.25) is 9.59 Å². The summed E-state index contributed by atoms with van der Waals surface area (Å²) in [5, 5.41) is 16.0. The lowest BCUT2D eigenvalue weighted by Gasteiger charge is -2.26. The van der Waals surface area contributed by atoms with E-state index in [1.807, 2.05) is 32.9 Å². The molecule has 1 aromatic carbocycles. The normalized spacial score (nSPS) is 17.5. The lowest BCUT2D eigenvalue weighted by Crippen LogP contribution is -2.52. The summed E-state index contributed by atoms with van der Waals surface area (Å²) in [4.78, 5) is 24.8. The monoisotopic (exact) mass is 332 g/mol. The molecule has 2 amide bonds. The summed E-state index contributed by atoms with van der Waals surface area (Å²) in [6.07, 6.45) is 3.42. The van der Waals surface area contributed by atoms with Crippen LogP contribution in [-0.4, -0.2) is 35.1 Å². The second-order valence-electron chi connectivity index (χ2n) is 7.21. The Morgan fingerprint density at radius 2 is 1.75 bits per heavy atom. The van der Waals surface area contributed by atoms with Crippen molar-refractivity contribution in [3.63, 3.8) is 0 Å². The van der Waals surface area contributed by atoms with Gasteiger partial charge in [0, 0.05) is 12.1 Å². The first-order valence-electron chi connectivity index (χ1n) is 8.68. The molecule has 0 aromatic heterocycles. The fourth-order valence-corrected chi connectivity index (χ4v) is 3.04. The zero-order chi connectivity index (χ0) is 17.7. The molecule has 0 heterocycles. The van der Waals surface area contributed by atoms with Crippen molar-refractivity contribution in [2.45, 2.75) is 58.1 Å². The van der Waals surface area contributed by atoms with Crippen LogP contribution in [0, 0.1) is 12.8 Å². The van der Waals surface area contributed by atoms with Gasteiger partial charge >= 0.3 is 0 Å². The van der Waals surface area contributed by atoms with E-state index in [4.69, 9.17) is 0 Å². The van der Waals surface area contributed by atoms with Gasteiger partial charge in [0.05, 0.1) is 5.60 Å². The van der Waals surface area contributed by atoms with Gasteiger partial charge in [-0.2, -0.15) is 0 Å². The number of rotatable bonds is 6. The lowest BCUT2D eigenvalue weighted by atomic mass is 10.00. The van der Waals surface area contributed by atoms with Gasteiger partial charge in [-0.15, -0.1) is 0 Å². The summed E-state index contributed by atoms with van der Waals surface area (Å²) in [6, 6.07) is 6.62. The van der Waals surface area contributed by atoms with Crippen LogP contribution in [-0.2, 0) is 4.79 Å². The summed E-state index contributed by atoms with van der Waals surface area (Å²) in [6.45, 7) is 5.99. The minimum absolute atomic E-state index is 0.0439. The van der Waals surface area contributed by atoms with Crippen molar-refractivity contribution in [3.05, 3.63) is 35.4 Å². The fourth-order valence-electron chi connectivity index (χ4n) is 3.04. The molecule has 132 valence electrons. The first kappa shape index (κ1) is 18.5. The quantitative estimate of drug-likeness (QED) is 0.747. The number of carbonyl (C=O) groups excluding carboxylic acids is 2. The van der Waals surface area contributed by atoms with Crippen LogP contribution in [0.15, 0.2) is 24.3 Å². The highest BCUT2D eigenvalue weighted by Crippen LogP contribution is 2.28. The third-order valence-electron chi connectivity index (χ3n) is 4.68. The number of hydrogen-bond acceptors (Lipinski definition) is 3. The Hall–Kier alpha value is -1.88. The number of amides is 2. The molecule has 1 atom stereocenters. The highest BCUT2D eigenvalue weighted by atomic mass is 16.3. The molecule has 0 aliphatic heterocycles. The molecule has 1 aliphatic rings. The maximum Gasteiger partial charge on any atom is 0.251 e. The molecule has 1 aromatic rings. The predicted octanol–water partition coefficient (Wildman–Crippen LogP) is 2.17. The van der Waals surface area contributed by atoms with Crippen LogP contribution in [0.25, 0.3) is 0 Å². The molecule has 1 fully saturated rings. The molecular formula is C19H28N2O3. The Morgan fingerprint density at radius 1 is 1.17 bits per heavy atom. The van der Waals surface area contributed by atoms with Gasteiger partial charge in [0.1, 0.15) is 6.04 Å². The van der Waals surface area contributed by atoms with Gasteiger partial charge in [-0.25, -0.2) is 0 Å². The first-order chi connectivity index (χ1) is 11.3. The summed E-state index contributed by atoms with van der Waals surface area (Å²) in [5.74, 6) is -0.549. The number of carbonyl (C=O) groups is 2. The van der Waals surface area contributed by atoms with Gasteiger partial charge in [0.15, 0.2) is 0 Å². The molecule has 0 spiro atoms. The Labute approximate surface area is 143 Å². The predicted molar refractivity (Wildman–Crippen MR) is 93.7 cm³/mol. The number of aliphatic hydroxyl groups is 1. The maximum absolute atomic E-state index is 12.5. The highest BCUT2D eigenvalue weighted by Gasteiger charge is 2.33. The summed E-state index contributed by atoms with van der Waals surface area (Å²) in [5.41, 5.74) is 0.820. The average molecular weight is 332 g/mol. The second-order valence-corrected chi connectivity index (χ2v) is 7.21. The largest absolute Gasteiger partial charge is 0.388 e. The van der Waals surface area contributed by atoms with Gasteiger partial charge in [-0.05, 0) is 37.8 Å². The lowest BCUT2D eigenvalue weighted by molar-refractivity contribution is -0.125. The molecule has 1 unspecified atom stereocenters. The van der Waals surface area contributed by atoms with E-state index in [0.29, 0.717) is 5.56 Å². The molecule has 0 radical (unpaired) electrons. The highest BCUT2D eigenvalue weighted by molar-refractivity contribution is 5.97. The van der Waals surface area contributed by atoms with Crippen molar-refractivity contribution in [2.75, 3.05) is 6.54 Å². The average Bonchev–Trinajstić information content (AvgIpc) is 2.97. The molecule has 3 N–H and O–H groups in total. The van der Waals surface area contributed by atoms with E-state index in [2.05, 4.69) is 10.6 Å². The third-order valence-corrected chi connectivity index (χ3v) is 4.68. The number of aryl methyl sites for hydroxylation is 1. The van der Waals surface area contributed by atoms with Crippen LogP contribution in [0.5, 0.6) is 0 Å². The Morgan fingerprint density at radius 3 is 2.29 bits per heavy atom. The van der Waals surface area contributed by atoms with Crippen LogP contribution in [0.3, 0.4) is 0 Å². The molecule has 5 heteroatoms. The molecule has 1 aliphatic carbocycles. The summed E-state index contributed by atoms with van der Waals surface area (Å²) < 4.78 is 0. The van der Waals surface area contributed by atoms with Crippen molar-refractivity contribution < 1.29 is 14.7 Å². The van der Waals surface area contributed by atoms with Gasteiger partial charge < -0.3 is 15.7 Å². The molecule has 2 rings (SSSR count). The zero-order valence-corrected chi connectivity index (χ0v) is 14.8. The Kier molecular flexibility index (Phi) is 5.99. The second kappa shape index (κ2) is 7.79. The smallest absolute Gasteiger partial charge is 0.251 e. The van der Waals surface area contributed by atoms with Crippen molar-refractivity contribution >= 4 is 11.8 Å². The number of nitrogens with one attached hydrogen (secondary N) is 2. The fraction of sp³-hybridized carbons (Fsp3) is 0.579. The van der Waals surface area contributed by atoms with Crippen LogP contribution < -0.4 is 10.6 Å². The Balaban J connectivity index is 1.96. The van der Waals surface area contributed by atoms with E-state index in [9.17, 15) is 14.7 Å². The van der Waals surface area contributed by atoms with Crippen LogP contribution in [0.2, 0.25) is 0 Å². The number of benzene rings is 1. The van der Waals surface area contributed by atoms with E-state index >= 15 is 0 Å². The van der Waals surface area contributed by atoms with Crippen LogP contribution in [0.1, 0.15) is 55.5 Å². The number of hydrogen-bond donors (Lipinski definition) is 3. The van der Waals surface area contributed by atoms with Gasteiger partial charge in [-0.1, -0.05) is 44.4 Å². The summed E-state index contributed by atoms with van der Waals surface area (Å²) >= 11 is 0. The molecule has 0 bridgehead atoms. The minimum atomic E-state index is -0.793. The minimum Gasteiger partial charge on any atom is -0.388 e. The third kappa shape index (κ3) is 4.81. The Bertz CT molecular complexity index is 575. The van der Waals surface area contributed by atoms with Crippen molar-refractivity contribution in [3.8, 4) is 0 Å². The molecular weight excluding hydrogens is 304 g/mol. The summed E-state index contributed by atoms with van der Waals surface area (Å²) in [7, 11) is 0. The zero-order valence-electron chi connectivity index (χ0n) is 14.8. The van der Waals surface area contributed by atoms with E-state index in [1.54, 1.807) is 12.1 Å². The van der Waals surface area contributed by atoms with Gasteiger partial charge in [0.2, 0.25) is 5.91 Å². The van der Waals surface area contributed by atoms with Crippen molar-refractivity contribution in [2.24, 2.45) is 5.92 Å². The van der Waals surface area contributed by atoms with Crippen LogP contribution >= 0.6 is 0 Å². The van der Waals surface area contributed by atoms with E-state index in [0.717, 1.165) is 31.2 Å². The standard InChI is InChI=1S/C19H28N2O3/c1-13(2)16(18(23)20-12-19(24)10-4-5-11-19)21-17(22)15-8-6-14(3)7-9-15/h6-9,13,16,24H,4-5,10-12H2,1-3H3,(H,20,23)(H,21,22). The van der Waals surface area contributed by atoms with Gasteiger partial charge in [0.25, 0.3) is 5.91 Å². The van der Waals surface area contributed by atoms with Crippen LogP contribution in [0.4, 0.5) is 0 Å². The van der Waals surface area contributed by atoms with E-state index in [1.165, 1.54) is 0 Å². The SMILES string of the molecule is Cc1ccc(C(=O)NC(C(=O)NCC2(O)CCCC2)C(C)C)cc1. The maximum atomic E-state index is 12.5. The topological polar surface area (TPSA) is 78.4 Å². The van der Waals surface area contributed by atoms with Crippen molar-refractivity contribution in [1.29, 1.82) is 0 Å². The van der Waals surface area contributed by atoms with Crippen molar-refractivity contribution in [1.82, 2.24) is 10.6 Å². The first-order valence-corrected chi connectivity index (χ1v) is 8.68. The molecule has 0 saturated heterocycles. The molecule has 5 nitrogen and oxygen atoms in total. The molecule has 1 saturated carbocycles. The van der Waals surface area contributed by atoms with E-state index < -0.39 is 11.6 Å².